The molecule has 0 aliphatic heterocycles. The lowest BCUT2D eigenvalue weighted by Crippen LogP contribution is -2.40. The molecule has 0 aliphatic carbocycles. The maximum atomic E-state index is 13.1. The first-order valence-corrected chi connectivity index (χ1v) is 8.40. The van der Waals surface area contributed by atoms with Crippen molar-refractivity contribution in [2.45, 2.75) is 11.6 Å². The van der Waals surface area contributed by atoms with Crippen molar-refractivity contribution in [2.24, 2.45) is 0 Å². The topological polar surface area (TPSA) is 89.6 Å². The third kappa shape index (κ3) is 4.38. The van der Waals surface area contributed by atoms with Gasteiger partial charge >= 0.3 is 6.18 Å². The van der Waals surface area contributed by atoms with Gasteiger partial charge in [0.2, 0.25) is 5.41 Å². The lowest BCUT2D eigenvalue weighted by atomic mass is 9.87. The average molecular weight is 458 g/mol. The number of aromatic nitrogens is 1. The fourth-order valence-corrected chi connectivity index (χ4v) is 3.05. The Balaban J connectivity index is 2.34. The van der Waals surface area contributed by atoms with Crippen LogP contribution in [0.3, 0.4) is 0 Å². The monoisotopic (exact) mass is 456 g/mol. The summed E-state index contributed by atoms with van der Waals surface area (Å²) in [4.78, 5) is 16.2. The van der Waals surface area contributed by atoms with E-state index in [4.69, 9.17) is 11.6 Å². The molecule has 0 saturated heterocycles. The Bertz CT molecular complexity index is 952. The summed E-state index contributed by atoms with van der Waals surface area (Å²) in [7, 11) is 0. The van der Waals surface area contributed by atoms with Crippen LogP contribution in [-0.2, 0) is 11.6 Å². The fourth-order valence-electron chi connectivity index (χ4n) is 2.26. The van der Waals surface area contributed by atoms with E-state index >= 15 is 0 Å². The third-order valence-corrected chi connectivity index (χ3v) is 4.31. The van der Waals surface area contributed by atoms with Crippen molar-refractivity contribution >= 4 is 33.4 Å². The van der Waals surface area contributed by atoms with Crippen LogP contribution in [0.4, 0.5) is 13.2 Å². The quantitative estimate of drug-likeness (QED) is 0.744. The second kappa shape index (κ2) is 7.95. The number of pyridine rings is 1. The Labute approximate surface area is 165 Å². The Morgan fingerprint density at radius 1 is 1.26 bits per heavy atom. The van der Waals surface area contributed by atoms with Crippen LogP contribution in [-0.4, -0.2) is 17.4 Å². The van der Waals surface area contributed by atoms with Crippen LogP contribution in [0.2, 0.25) is 5.02 Å². The van der Waals surface area contributed by atoms with Crippen LogP contribution in [0.5, 0.6) is 0 Å². The molecule has 1 aromatic heterocycles. The van der Waals surface area contributed by atoms with Crippen molar-refractivity contribution in [3.63, 3.8) is 0 Å². The lowest BCUT2D eigenvalue weighted by Gasteiger charge is -2.20. The minimum absolute atomic E-state index is 0.00239. The van der Waals surface area contributed by atoms with E-state index in [9.17, 15) is 28.5 Å². The number of hydrogen-bond acceptors (Lipinski definition) is 4. The molecule has 0 fully saturated rings. The molecule has 5 nitrogen and oxygen atoms in total. The molecule has 0 radical (unpaired) electrons. The van der Waals surface area contributed by atoms with Crippen LogP contribution in [0.15, 0.2) is 41.0 Å². The van der Waals surface area contributed by atoms with E-state index in [1.54, 1.807) is 12.1 Å². The molecule has 2 aromatic rings. The van der Waals surface area contributed by atoms with Crippen molar-refractivity contribution in [1.82, 2.24) is 10.3 Å². The van der Waals surface area contributed by atoms with E-state index in [-0.39, 0.29) is 10.7 Å². The van der Waals surface area contributed by atoms with Gasteiger partial charge in [-0.2, -0.15) is 23.7 Å². The average Bonchev–Trinajstić information content (AvgIpc) is 2.63. The number of halogens is 5. The van der Waals surface area contributed by atoms with E-state index in [0.717, 1.165) is 18.2 Å². The van der Waals surface area contributed by atoms with Gasteiger partial charge in [-0.1, -0.05) is 23.7 Å². The van der Waals surface area contributed by atoms with Crippen molar-refractivity contribution in [3.8, 4) is 12.1 Å². The zero-order valence-corrected chi connectivity index (χ0v) is 15.7. The number of alkyl halides is 3. The van der Waals surface area contributed by atoms with E-state index in [0.29, 0.717) is 4.47 Å². The van der Waals surface area contributed by atoms with E-state index in [2.05, 4.69) is 26.2 Å². The molecule has 2 rings (SSSR count). The van der Waals surface area contributed by atoms with Gasteiger partial charge < -0.3 is 5.32 Å². The highest BCUT2D eigenvalue weighted by Gasteiger charge is 2.39. The van der Waals surface area contributed by atoms with Crippen LogP contribution >= 0.6 is 27.5 Å². The van der Waals surface area contributed by atoms with Crippen LogP contribution in [0.25, 0.3) is 0 Å². The maximum Gasteiger partial charge on any atom is 0.417 e. The predicted octanol–water partition coefficient (Wildman–Crippen LogP) is 4.23. The fraction of sp³-hybridized carbons (Fsp3) is 0.176. The third-order valence-electron chi connectivity index (χ3n) is 3.58. The van der Waals surface area contributed by atoms with Gasteiger partial charge in [0, 0.05) is 10.7 Å². The summed E-state index contributed by atoms with van der Waals surface area (Å²) in [6.07, 6.45) is -3.42. The second-order valence-electron chi connectivity index (χ2n) is 5.34. The summed E-state index contributed by atoms with van der Waals surface area (Å²) in [6.45, 7) is -0.598. The standard InChI is InChI=1S/C17H9BrClF3N4O/c18-10-5-13(19)14(25-6-10)16(7-23,8-24)9-26-15(27)11-3-1-2-4-12(11)17(20,21)22/h1-6H,9H2,(H,26,27). The van der Waals surface area contributed by atoms with Crippen LogP contribution in [0.1, 0.15) is 21.6 Å². The Morgan fingerprint density at radius 3 is 2.44 bits per heavy atom. The highest BCUT2D eigenvalue weighted by Crippen LogP contribution is 2.32. The number of nitrogens with one attached hydrogen (secondary N) is 1. The number of hydrogen-bond donors (Lipinski definition) is 1. The van der Waals surface area contributed by atoms with Gasteiger partial charge in [-0.25, -0.2) is 0 Å². The summed E-state index contributed by atoms with van der Waals surface area (Å²) in [6, 6.07) is 9.08. The van der Waals surface area contributed by atoms with Gasteiger partial charge in [-0.3, -0.25) is 9.78 Å². The van der Waals surface area contributed by atoms with Crippen molar-refractivity contribution < 1.29 is 18.0 Å². The highest BCUT2D eigenvalue weighted by molar-refractivity contribution is 9.10. The zero-order chi connectivity index (χ0) is 20.2. The smallest absolute Gasteiger partial charge is 0.349 e. The van der Waals surface area contributed by atoms with Gasteiger partial charge in [0.25, 0.3) is 5.91 Å². The predicted molar refractivity (Wildman–Crippen MR) is 93.6 cm³/mol. The summed E-state index contributed by atoms with van der Waals surface area (Å²) in [5, 5.41) is 21.2. The number of carbonyl (C=O) groups is 1. The molecule has 0 bridgehead atoms. The second-order valence-corrected chi connectivity index (χ2v) is 6.66. The first-order chi connectivity index (χ1) is 12.6. The highest BCUT2D eigenvalue weighted by atomic mass is 79.9. The van der Waals surface area contributed by atoms with Gasteiger partial charge in [0.15, 0.2) is 0 Å². The molecular formula is C17H9BrClF3N4O. The first-order valence-electron chi connectivity index (χ1n) is 7.23. The Morgan fingerprint density at radius 2 is 1.89 bits per heavy atom. The summed E-state index contributed by atoms with van der Waals surface area (Å²) in [5.41, 5.74) is -3.83. The largest absolute Gasteiger partial charge is 0.417 e. The molecule has 0 atom stereocenters. The van der Waals surface area contributed by atoms with Crippen LogP contribution in [0, 0.1) is 22.7 Å². The number of carbonyl (C=O) groups excluding carboxylic acids is 1. The van der Waals surface area contributed by atoms with Gasteiger partial charge in [0.1, 0.15) is 0 Å². The molecule has 0 spiro atoms. The molecule has 0 aliphatic rings. The maximum absolute atomic E-state index is 13.1. The molecule has 0 saturated carbocycles. The Kier molecular flexibility index (Phi) is 6.09. The molecule has 1 amide bonds. The molecule has 1 heterocycles. The van der Waals surface area contributed by atoms with E-state index in [1.165, 1.54) is 18.3 Å². The summed E-state index contributed by atoms with van der Waals surface area (Å²) in [5.74, 6) is -1.08. The number of benzene rings is 1. The SMILES string of the molecule is N#CC(C#N)(CNC(=O)c1ccccc1C(F)(F)F)c1ncc(Br)cc1Cl. The summed E-state index contributed by atoms with van der Waals surface area (Å²) < 4.78 is 39.7. The van der Waals surface area contributed by atoms with Crippen molar-refractivity contribution in [3.05, 3.63) is 62.8 Å². The number of nitrogens with zero attached hydrogens (tertiary/aromatic N) is 3. The molecule has 138 valence electrons. The molecule has 1 N–H and O–H groups in total. The van der Waals surface area contributed by atoms with E-state index < -0.39 is 35.2 Å². The van der Waals surface area contributed by atoms with Gasteiger partial charge in [0.05, 0.1) is 40.5 Å². The minimum Gasteiger partial charge on any atom is -0.349 e. The molecule has 27 heavy (non-hydrogen) atoms. The molecule has 1 aromatic carbocycles. The molecule has 0 unspecified atom stereocenters. The van der Waals surface area contributed by atoms with Gasteiger partial charge in [-0.15, -0.1) is 0 Å². The Hall–Kier alpha value is -2.62. The lowest BCUT2D eigenvalue weighted by molar-refractivity contribution is -0.137. The molecular weight excluding hydrogens is 449 g/mol. The molecule has 10 heteroatoms. The normalized spacial score (nSPS) is 11.4. The number of rotatable bonds is 4. The number of nitriles is 2. The van der Waals surface area contributed by atoms with Crippen molar-refractivity contribution in [1.29, 1.82) is 10.5 Å². The van der Waals surface area contributed by atoms with Crippen molar-refractivity contribution in [2.75, 3.05) is 6.54 Å². The van der Waals surface area contributed by atoms with E-state index in [1.807, 2.05) is 0 Å². The minimum atomic E-state index is -4.73. The zero-order valence-electron chi connectivity index (χ0n) is 13.3. The number of amides is 1. The van der Waals surface area contributed by atoms with Gasteiger partial charge in [-0.05, 0) is 34.1 Å². The first kappa shape index (κ1) is 20.7. The summed E-state index contributed by atoms with van der Waals surface area (Å²) >= 11 is 9.17. The van der Waals surface area contributed by atoms with Crippen LogP contribution < -0.4 is 5.32 Å².